The number of hydrogen-bond acceptors (Lipinski definition) is 4. The molecule has 0 saturated heterocycles. The fraction of sp³-hybridized carbons (Fsp3) is 0.538. The summed E-state index contributed by atoms with van der Waals surface area (Å²) in [5.41, 5.74) is 6.47. The van der Waals surface area contributed by atoms with Gasteiger partial charge in [-0.25, -0.2) is 8.42 Å². The molecule has 0 heterocycles. The van der Waals surface area contributed by atoms with Crippen LogP contribution < -0.4 is 11.1 Å². The molecule has 1 unspecified atom stereocenters. The molecule has 102 valence electrons. The van der Waals surface area contributed by atoms with Crippen molar-refractivity contribution in [2.45, 2.75) is 31.2 Å². The lowest BCUT2D eigenvalue weighted by Gasteiger charge is -2.34. The van der Waals surface area contributed by atoms with Crippen molar-refractivity contribution in [1.82, 2.24) is 0 Å². The van der Waals surface area contributed by atoms with Crippen LogP contribution in [0.3, 0.4) is 0 Å². The molecule has 0 aliphatic heterocycles. The predicted octanol–water partition coefficient (Wildman–Crippen LogP) is 1.88. The zero-order valence-corrected chi connectivity index (χ0v) is 12.2. The fourth-order valence-corrected chi connectivity index (χ4v) is 2.18. The molecule has 0 bridgehead atoms. The van der Waals surface area contributed by atoms with Gasteiger partial charge in [0.15, 0.2) is 9.84 Å². The molecule has 0 amide bonds. The van der Waals surface area contributed by atoms with Crippen LogP contribution in [0.15, 0.2) is 29.2 Å². The van der Waals surface area contributed by atoms with Crippen molar-refractivity contribution in [2.75, 3.05) is 18.1 Å². The summed E-state index contributed by atoms with van der Waals surface area (Å²) in [5.74, 6) is 0.372. The minimum Gasteiger partial charge on any atom is -0.378 e. The van der Waals surface area contributed by atoms with Gasteiger partial charge in [-0.05, 0) is 37.1 Å². The Morgan fingerprint density at radius 3 is 2.11 bits per heavy atom. The number of sulfone groups is 1. The van der Waals surface area contributed by atoms with Gasteiger partial charge in [0.05, 0.1) is 4.90 Å². The first-order valence-electron chi connectivity index (χ1n) is 5.97. The van der Waals surface area contributed by atoms with Gasteiger partial charge in [-0.2, -0.15) is 0 Å². The Bertz CT molecular complexity index is 494. The number of rotatable bonds is 5. The van der Waals surface area contributed by atoms with E-state index < -0.39 is 9.84 Å². The number of anilines is 1. The van der Waals surface area contributed by atoms with Crippen molar-refractivity contribution in [2.24, 2.45) is 11.7 Å². The maximum absolute atomic E-state index is 11.4. The summed E-state index contributed by atoms with van der Waals surface area (Å²) < 4.78 is 22.7. The summed E-state index contributed by atoms with van der Waals surface area (Å²) in [5, 5.41) is 3.36. The maximum Gasteiger partial charge on any atom is 0.175 e. The summed E-state index contributed by atoms with van der Waals surface area (Å²) in [6, 6.07) is 6.75. The molecule has 1 atom stereocenters. The molecule has 0 fully saturated rings. The Balaban J connectivity index is 2.94. The second kappa shape index (κ2) is 5.28. The van der Waals surface area contributed by atoms with Gasteiger partial charge >= 0.3 is 0 Å². The van der Waals surface area contributed by atoms with E-state index in [1.807, 2.05) is 0 Å². The Hall–Kier alpha value is -1.07. The Labute approximate surface area is 110 Å². The van der Waals surface area contributed by atoms with E-state index in [-0.39, 0.29) is 5.54 Å². The molecular formula is C13H22N2O2S. The highest BCUT2D eigenvalue weighted by Gasteiger charge is 2.26. The molecular weight excluding hydrogens is 248 g/mol. The van der Waals surface area contributed by atoms with Gasteiger partial charge in [-0.15, -0.1) is 0 Å². The third-order valence-corrected chi connectivity index (χ3v) is 4.54. The fourth-order valence-electron chi connectivity index (χ4n) is 1.55. The molecule has 0 aromatic heterocycles. The average Bonchev–Trinajstić information content (AvgIpc) is 2.28. The number of benzene rings is 1. The van der Waals surface area contributed by atoms with Gasteiger partial charge in [0.25, 0.3) is 0 Å². The Morgan fingerprint density at radius 2 is 1.78 bits per heavy atom. The molecule has 0 spiro atoms. The van der Waals surface area contributed by atoms with Crippen LogP contribution in [0, 0.1) is 5.92 Å². The van der Waals surface area contributed by atoms with Crippen LogP contribution in [0.2, 0.25) is 0 Å². The molecule has 0 aliphatic rings. The van der Waals surface area contributed by atoms with Gasteiger partial charge < -0.3 is 11.1 Å². The smallest absolute Gasteiger partial charge is 0.175 e. The van der Waals surface area contributed by atoms with Crippen LogP contribution >= 0.6 is 0 Å². The Kier molecular flexibility index (Phi) is 4.40. The van der Waals surface area contributed by atoms with Crippen molar-refractivity contribution in [3.8, 4) is 0 Å². The van der Waals surface area contributed by atoms with E-state index in [1.54, 1.807) is 24.3 Å². The minimum atomic E-state index is -3.14. The van der Waals surface area contributed by atoms with Crippen molar-refractivity contribution < 1.29 is 8.42 Å². The standard InChI is InChI=1S/C13H22N2O2S/c1-10(2)13(3,9-14)15-11-5-7-12(8-6-11)18(4,16)17/h5-8,10,15H,9,14H2,1-4H3. The van der Waals surface area contributed by atoms with Crippen LogP contribution in [0.4, 0.5) is 5.69 Å². The highest BCUT2D eigenvalue weighted by molar-refractivity contribution is 7.90. The summed E-state index contributed by atoms with van der Waals surface area (Å²) in [4.78, 5) is 0.326. The van der Waals surface area contributed by atoms with E-state index in [2.05, 4.69) is 26.1 Å². The second-order valence-corrected chi connectivity index (χ2v) is 7.21. The van der Waals surface area contributed by atoms with Crippen LogP contribution in [0.25, 0.3) is 0 Å². The van der Waals surface area contributed by atoms with Crippen LogP contribution in [0.1, 0.15) is 20.8 Å². The normalized spacial score (nSPS) is 15.4. The molecule has 1 rings (SSSR count). The topological polar surface area (TPSA) is 72.2 Å². The van der Waals surface area contributed by atoms with Crippen molar-refractivity contribution in [3.63, 3.8) is 0 Å². The average molecular weight is 270 g/mol. The third kappa shape index (κ3) is 3.46. The lowest BCUT2D eigenvalue weighted by molar-refractivity contribution is 0.382. The number of nitrogens with one attached hydrogen (secondary N) is 1. The largest absolute Gasteiger partial charge is 0.378 e. The van der Waals surface area contributed by atoms with E-state index in [0.717, 1.165) is 5.69 Å². The van der Waals surface area contributed by atoms with Crippen molar-refractivity contribution >= 4 is 15.5 Å². The first kappa shape index (κ1) is 15.0. The van der Waals surface area contributed by atoms with Gasteiger partial charge in [0, 0.05) is 24.0 Å². The quantitative estimate of drug-likeness (QED) is 0.857. The van der Waals surface area contributed by atoms with Gasteiger partial charge in [0.1, 0.15) is 0 Å². The van der Waals surface area contributed by atoms with E-state index in [9.17, 15) is 8.42 Å². The molecule has 3 N–H and O–H groups in total. The summed E-state index contributed by atoms with van der Waals surface area (Å²) >= 11 is 0. The van der Waals surface area contributed by atoms with Crippen molar-refractivity contribution in [1.29, 1.82) is 0 Å². The molecule has 18 heavy (non-hydrogen) atoms. The highest BCUT2D eigenvalue weighted by Crippen LogP contribution is 2.23. The lowest BCUT2D eigenvalue weighted by Crippen LogP contribution is -2.47. The summed E-state index contributed by atoms with van der Waals surface area (Å²) in [7, 11) is -3.14. The monoisotopic (exact) mass is 270 g/mol. The van der Waals surface area contributed by atoms with Crippen LogP contribution in [-0.4, -0.2) is 26.8 Å². The number of hydrogen-bond donors (Lipinski definition) is 2. The van der Waals surface area contributed by atoms with E-state index in [1.165, 1.54) is 6.26 Å². The number of nitrogens with two attached hydrogens (primary N) is 1. The first-order chi connectivity index (χ1) is 8.19. The third-order valence-electron chi connectivity index (χ3n) is 3.41. The van der Waals surface area contributed by atoms with E-state index >= 15 is 0 Å². The SMILES string of the molecule is CC(C)C(C)(CN)Nc1ccc(S(C)(=O)=O)cc1. The van der Waals surface area contributed by atoms with Gasteiger partial charge in [-0.3, -0.25) is 0 Å². The summed E-state index contributed by atoms with van der Waals surface area (Å²) in [6.45, 7) is 6.77. The highest BCUT2D eigenvalue weighted by atomic mass is 32.2. The maximum atomic E-state index is 11.4. The molecule has 4 nitrogen and oxygen atoms in total. The van der Waals surface area contributed by atoms with Crippen LogP contribution in [-0.2, 0) is 9.84 Å². The molecule has 1 aromatic carbocycles. The zero-order chi connectivity index (χ0) is 14.0. The molecule has 0 aliphatic carbocycles. The van der Waals surface area contributed by atoms with E-state index in [0.29, 0.717) is 17.4 Å². The molecule has 0 saturated carbocycles. The second-order valence-electron chi connectivity index (χ2n) is 5.20. The zero-order valence-electron chi connectivity index (χ0n) is 11.4. The lowest BCUT2D eigenvalue weighted by atomic mass is 9.88. The van der Waals surface area contributed by atoms with E-state index in [4.69, 9.17) is 5.73 Å². The van der Waals surface area contributed by atoms with Crippen molar-refractivity contribution in [3.05, 3.63) is 24.3 Å². The Morgan fingerprint density at radius 1 is 1.28 bits per heavy atom. The first-order valence-corrected chi connectivity index (χ1v) is 7.86. The molecule has 5 heteroatoms. The van der Waals surface area contributed by atoms with Gasteiger partial charge in [0.2, 0.25) is 0 Å². The minimum absolute atomic E-state index is 0.202. The van der Waals surface area contributed by atoms with Gasteiger partial charge in [-0.1, -0.05) is 13.8 Å². The molecule has 1 aromatic rings. The predicted molar refractivity (Wildman–Crippen MR) is 75.5 cm³/mol. The van der Waals surface area contributed by atoms with Crippen LogP contribution in [0.5, 0.6) is 0 Å². The molecule has 0 radical (unpaired) electrons. The summed E-state index contributed by atoms with van der Waals surface area (Å²) in [6.07, 6.45) is 1.20.